The van der Waals surface area contributed by atoms with E-state index in [0.717, 1.165) is 51.7 Å². The normalized spacial score (nSPS) is 17.6. The van der Waals surface area contributed by atoms with Crippen molar-refractivity contribution < 1.29 is 9.47 Å². The molecule has 3 aliphatic carbocycles. The minimum Gasteiger partial charge on any atom is -0.449 e. The van der Waals surface area contributed by atoms with Gasteiger partial charge in [0.15, 0.2) is 23.0 Å². The van der Waals surface area contributed by atoms with Crippen molar-refractivity contribution in [1.82, 2.24) is 0 Å². The molecule has 0 saturated heterocycles. The molecule has 1 aliphatic heterocycles. The Hall–Kier alpha value is -7.14. The van der Waals surface area contributed by atoms with Gasteiger partial charge in [0.2, 0.25) is 0 Å². The summed E-state index contributed by atoms with van der Waals surface area (Å²) in [6.07, 6.45) is 7.86. The number of hydrogen-bond acceptors (Lipinski definition) is 4. The van der Waals surface area contributed by atoms with Crippen LogP contribution in [0.15, 0.2) is 194 Å². The van der Waals surface area contributed by atoms with Gasteiger partial charge < -0.3 is 14.4 Å². The molecular formula is C55H35NO2S. The molecule has 0 saturated carbocycles. The van der Waals surface area contributed by atoms with Crippen LogP contribution in [-0.4, -0.2) is 0 Å². The van der Waals surface area contributed by atoms with E-state index < -0.39 is 0 Å². The van der Waals surface area contributed by atoms with Crippen LogP contribution < -0.4 is 14.4 Å². The summed E-state index contributed by atoms with van der Waals surface area (Å²) in [7, 11) is 0. The topological polar surface area (TPSA) is 21.7 Å². The van der Waals surface area contributed by atoms with Gasteiger partial charge in [-0.3, -0.25) is 0 Å². The third-order valence-electron chi connectivity index (χ3n) is 13.0. The highest BCUT2D eigenvalue weighted by Gasteiger charge is 2.57. The molecule has 0 bridgehead atoms. The van der Waals surface area contributed by atoms with Crippen molar-refractivity contribution in [2.24, 2.45) is 5.92 Å². The summed E-state index contributed by atoms with van der Waals surface area (Å²) in [6, 6.07) is 63.5. The number of allylic oxidation sites excluding steroid dienone is 4. The standard InChI is InChI=1S/C55H35NO2S/c1-2-15-35(16-3-1)56(46-25-12-7-17-36(46)34-29-30-40-39-20-8-13-28-50(39)59-51(40)33-34)47-26-14-27-48-53(47)57-49-32-31-45-52(54(49)58-48)41-21-6-11-24-44(41)55(45)42-22-9-4-18-37(42)38-19-5-10-23-43(38)55/h1-22,24-33,43H,23H2. The lowest BCUT2D eigenvalue weighted by Crippen LogP contribution is -2.32. The van der Waals surface area contributed by atoms with E-state index in [0.29, 0.717) is 11.5 Å². The van der Waals surface area contributed by atoms with E-state index >= 15 is 0 Å². The van der Waals surface area contributed by atoms with Gasteiger partial charge in [0, 0.05) is 42.9 Å². The summed E-state index contributed by atoms with van der Waals surface area (Å²) in [5, 5.41) is 2.59. The minimum absolute atomic E-state index is 0.285. The fourth-order valence-electron chi connectivity index (χ4n) is 10.7. The van der Waals surface area contributed by atoms with E-state index in [4.69, 9.17) is 9.47 Å². The molecular weight excluding hydrogens is 739 g/mol. The van der Waals surface area contributed by atoms with Gasteiger partial charge in [0.05, 0.1) is 16.8 Å². The van der Waals surface area contributed by atoms with Crippen LogP contribution in [0.25, 0.3) is 48.0 Å². The number of ether oxygens (including phenoxy) is 2. The number of rotatable bonds is 4. The maximum absolute atomic E-state index is 7.18. The second kappa shape index (κ2) is 12.4. The number of nitrogens with zero attached hydrogens (tertiary/aromatic N) is 1. The molecule has 0 N–H and O–H groups in total. The lowest BCUT2D eigenvalue weighted by atomic mass is 9.65. The average Bonchev–Trinajstić information content (AvgIpc) is 3.93. The lowest BCUT2D eigenvalue weighted by molar-refractivity contribution is 0.361. The first kappa shape index (κ1) is 32.9. The molecule has 1 spiro atoms. The van der Waals surface area contributed by atoms with Crippen molar-refractivity contribution in [3.05, 3.63) is 216 Å². The molecule has 9 aromatic rings. The van der Waals surface area contributed by atoms with Crippen LogP contribution in [0.5, 0.6) is 23.0 Å². The van der Waals surface area contributed by atoms with E-state index in [1.165, 1.54) is 53.6 Å². The summed E-state index contributed by atoms with van der Waals surface area (Å²) < 4.78 is 16.9. The Bertz CT molecular complexity index is 3280. The SMILES string of the molecule is C1=CCC2C(=C1)c1ccccc1C21c2ccccc2-c2c1ccc1c2Oc2cccc(N(c3ccccc3)c3ccccc3-c3ccc4c(c3)sc3ccccc34)c2O1. The fourth-order valence-corrected chi connectivity index (χ4v) is 11.8. The Kier molecular flexibility index (Phi) is 6.93. The highest BCUT2D eigenvalue weighted by atomic mass is 32.1. The second-order valence-corrected chi connectivity index (χ2v) is 16.9. The number of para-hydroxylation sites is 3. The predicted molar refractivity (Wildman–Crippen MR) is 243 cm³/mol. The molecule has 0 amide bonds. The largest absolute Gasteiger partial charge is 0.449 e. The summed E-state index contributed by atoms with van der Waals surface area (Å²) in [4.78, 5) is 2.31. The van der Waals surface area contributed by atoms with Gasteiger partial charge in [-0.15, -0.1) is 11.3 Å². The van der Waals surface area contributed by atoms with Gasteiger partial charge in [-0.25, -0.2) is 0 Å². The zero-order valence-electron chi connectivity index (χ0n) is 31.9. The zero-order chi connectivity index (χ0) is 38.7. The maximum atomic E-state index is 7.18. The van der Waals surface area contributed by atoms with Crippen molar-refractivity contribution in [3.8, 4) is 45.3 Å². The molecule has 4 aliphatic rings. The fraction of sp³-hybridized carbons (Fsp3) is 0.0545. The van der Waals surface area contributed by atoms with Gasteiger partial charge in [0.1, 0.15) is 0 Å². The first-order chi connectivity index (χ1) is 29.3. The molecule has 2 unspecified atom stereocenters. The van der Waals surface area contributed by atoms with Crippen molar-refractivity contribution in [2.45, 2.75) is 11.8 Å². The predicted octanol–water partition coefficient (Wildman–Crippen LogP) is 15.4. The Labute approximate surface area is 346 Å². The van der Waals surface area contributed by atoms with E-state index in [2.05, 4.69) is 193 Å². The molecule has 2 heterocycles. The van der Waals surface area contributed by atoms with E-state index in [1.54, 1.807) is 0 Å². The van der Waals surface area contributed by atoms with Gasteiger partial charge in [0.25, 0.3) is 0 Å². The van der Waals surface area contributed by atoms with Crippen LogP contribution in [0.4, 0.5) is 17.1 Å². The second-order valence-electron chi connectivity index (χ2n) is 15.9. The Morgan fingerprint density at radius 2 is 1.22 bits per heavy atom. The number of thiophene rings is 1. The summed E-state index contributed by atoms with van der Waals surface area (Å²) in [6.45, 7) is 0. The number of anilines is 3. The zero-order valence-corrected chi connectivity index (χ0v) is 32.7. The molecule has 278 valence electrons. The summed E-state index contributed by atoms with van der Waals surface area (Å²) >= 11 is 1.85. The Morgan fingerprint density at radius 3 is 2.12 bits per heavy atom. The third-order valence-corrected chi connectivity index (χ3v) is 14.1. The van der Waals surface area contributed by atoms with Crippen molar-refractivity contribution in [3.63, 3.8) is 0 Å². The number of hydrogen-bond donors (Lipinski definition) is 0. The molecule has 13 rings (SSSR count). The van der Waals surface area contributed by atoms with E-state index in [9.17, 15) is 0 Å². The third kappa shape index (κ3) is 4.52. The summed E-state index contributed by atoms with van der Waals surface area (Å²) in [5.41, 5.74) is 14.0. The quantitative estimate of drug-likeness (QED) is 0.178. The van der Waals surface area contributed by atoms with Gasteiger partial charge in [-0.1, -0.05) is 146 Å². The van der Waals surface area contributed by atoms with Crippen molar-refractivity contribution >= 4 is 54.1 Å². The van der Waals surface area contributed by atoms with Crippen molar-refractivity contribution in [2.75, 3.05) is 4.90 Å². The van der Waals surface area contributed by atoms with Gasteiger partial charge in [-0.2, -0.15) is 0 Å². The van der Waals surface area contributed by atoms with Crippen molar-refractivity contribution in [1.29, 1.82) is 0 Å². The summed E-state index contributed by atoms with van der Waals surface area (Å²) in [5.74, 6) is 3.17. The van der Waals surface area contributed by atoms with Crippen LogP contribution >= 0.6 is 11.3 Å². The van der Waals surface area contributed by atoms with Crippen LogP contribution in [0.1, 0.15) is 28.7 Å². The molecule has 2 atom stereocenters. The molecule has 1 aromatic heterocycles. The lowest BCUT2D eigenvalue weighted by Gasteiger charge is -2.36. The molecule has 0 radical (unpaired) electrons. The maximum Gasteiger partial charge on any atom is 0.194 e. The molecule has 4 heteroatoms. The number of fused-ring (bicyclic) bond motifs is 16. The molecule has 59 heavy (non-hydrogen) atoms. The molecule has 3 nitrogen and oxygen atoms in total. The van der Waals surface area contributed by atoms with Crippen LogP contribution in [-0.2, 0) is 5.41 Å². The van der Waals surface area contributed by atoms with E-state index in [1.807, 2.05) is 17.4 Å². The van der Waals surface area contributed by atoms with E-state index in [-0.39, 0.29) is 11.3 Å². The molecule has 0 fully saturated rings. The first-order valence-corrected chi connectivity index (χ1v) is 21.2. The van der Waals surface area contributed by atoms with Gasteiger partial charge in [-0.05, 0) is 93.9 Å². The highest BCUT2D eigenvalue weighted by Crippen LogP contribution is 2.68. The number of benzene rings is 8. The first-order valence-electron chi connectivity index (χ1n) is 20.4. The monoisotopic (exact) mass is 773 g/mol. The smallest absolute Gasteiger partial charge is 0.194 e. The van der Waals surface area contributed by atoms with Gasteiger partial charge >= 0.3 is 0 Å². The van der Waals surface area contributed by atoms with Crippen LogP contribution in [0, 0.1) is 5.92 Å². The molecule has 8 aromatic carbocycles. The van der Waals surface area contributed by atoms with Crippen LogP contribution in [0.3, 0.4) is 0 Å². The van der Waals surface area contributed by atoms with Crippen LogP contribution in [0.2, 0.25) is 0 Å². The average molecular weight is 774 g/mol. The Balaban J connectivity index is 0.972. The Morgan fingerprint density at radius 1 is 0.525 bits per heavy atom. The minimum atomic E-state index is -0.327. The highest BCUT2D eigenvalue weighted by molar-refractivity contribution is 7.25.